The SMILES string of the molecule is C.C1CCN2CCNC[C@H]2C1.CO[C@@]1(C=O)/C=C/C[C@H](C)[C@@H](C)S(=O)(=O)NC(=O)c2ccc3c(n2)N(C[C@@H]2CC[C@H]21)C[C@@]1(CCCc2cc(Cl)ccc21)CO3. The highest BCUT2D eigenvalue weighted by Crippen LogP contribution is 2.48. The molecule has 0 unspecified atom stereocenters. The summed E-state index contributed by atoms with van der Waals surface area (Å²) in [6.45, 7) is 10.1. The van der Waals surface area contributed by atoms with Crippen LogP contribution in [0.5, 0.6) is 5.75 Å². The Morgan fingerprint density at radius 2 is 1.93 bits per heavy atom. The Balaban J connectivity index is 0.000000403. The highest BCUT2D eigenvalue weighted by molar-refractivity contribution is 7.90. The number of piperidine rings is 1. The van der Waals surface area contributed by atoms with Crippen molar-refractivity contribution < 1.29 is 27.5 Å². The molecule has 8 rings (SSSR count). The number of allylic oxidation sites excluding steroid dienone is 1. The molecule has 1 spiro atoms. The third kappa shape index (κ3) is 8.49. The molecule has 1 saturated carbocycles. The van der Waals surface area contributed by atoms with Gasteiger partial charge in [-0.1, -0.05) is 44.5 Å². The number of hydrogen-bond donors (Lipinski definition) is 2. The standard InChI is InChI=1S/C33H40ClN3O6S.C8H16N2.CH4/c1-21-6-4-15-33(19-38,42-3)27-10-8-24(27)17-37-18-32(14-5-7-23-16-25(34)9-11-26(23)32)20-43-29-13-12-28(35-30(29)37)31(39)36-44(40,41)22(21)2;1-2-5-10-6-4-9-7-8(10)3-1;/h4,9,11-13,15-16,19,21-22,24,27H,5-8,10,14,17-18,20H2,1-3H3,(H,36,39);8-9H,1-7H2;1H4/b15-4+;;/t21-,22+,24-,27+,32-,33+;8-;/m01./s1. The molecule has 1 amide bonds. The van der Waals surface area contributed by atoms with E-state index in [-0.39, 0.29) is 36.3 Å². The molecule has 302 valence electrons. The predicted octanol–water partition coefficient (Wildman–Crippen LogP) is 5.94. The van der Waals surface area contributed by atoms with Crippen LogP contribution in [0.1, 0.15) is 94.3 Å². The number of sulfonamides is 1. The van der Waals surface area contributed by atoms with E-state index in [1.807, 2.05) is 25.1 Å². The topological polar surface area (TPSA) is 130 Å². The van der Waals surface area contributed by atoms with Gasteiger partial charge in [-0.25, -0.2) is 18.1 Å². The number of rotatable bonds is 2. The van der Waals surface area contributed by atoms with Gasteiger partial charge in [-0.05, 0) is 118 Å². The number of pyridine rings is 1. The molecule has 2 N–H and O–H groups in total. The summed E-state index contributed by atoms with van der Waals surface area (Å²) in [6.07, 6.45) is 13.8. The Bertz CT molecular complexity index is 1820. The van der Waals surface area contributed by atoms with Gasteiger partial charge in [0.15, 0.2) is 17.9 Å². The zero-order valence-corrected chi connectivity index (χ0v) is 33.5. The van der Waals surface area contributed by atoms with E-state index in [1.54, 1.807) is 26.2 Å². The molecule has 1 aromatic carbocycles. The fraction of sp³-hybridized carbons (Fsp3) is 0.643. The fourth-order valence-corrected chi connectivity index (χ4v) is 11.1. The number of ether oxygens (including phenoxy) is 2. The van der Waals surface area contributed by atoms with Gasteiger partial charge >= 0.3 is 0 Å². The van der Waals surface area contributed by atoms with Crippen molar-refractivity contribution in [2.24, 2.45) is 17.8 Å². The third-order valence-corrected chi connectivity index (χ3v) is 15.4. The van der Waals surface area contributed by atoms with Crippen molar-refractivity contribution in [3.8, 4) is 5.75 Å². The molecular formula is C42H60ClN5O6S. The van der Waals surface area contributed by atoms with Crippen LogP contribution in [0.2, 0.25) is 5.02 Å². The Kier molecular flexibility index (Phi) is 13.0. The van der Waals surface area contributed by atoms with Gasteiger partial charge in [-0.2, -0.15) is 0 Å². The number of aromatic nitrogens is 1. The number of nitrogens with zero attached hydrogens (tertiary/aromatic N) is 3. The van der Waals surface area contributed by atoms with Crippen LogP contribution in [0.15, 0.2) is 42.5 Å². The highest BCUT2D eigenvalue weighted by Gasteiger charge is 2.49. The number of carbonyl (C=O) groups excluding carboxylic acids is 2. The summed E-state index contributed by atoms with van der Waals surface area (Å²) in [7, 11) is -2.46. The van der Waals surface area contributed by atoms with E-state index < -0.39 is 26.8 Å². The molecule has 11 nitrogen and oxygen atoms in total. The fourth-order valence-electron chi connectivity index (χ4n) is 9.60. The number of fused-ring (bicyclic) bond motifs is 5. The molecule has 4 aliphatic heterocycles. The van der Waals surface area contributed by atoms with Gasteiger partial charge in [0.25, 0.3) is 5.91 Å². The zero-order chi connectivity index (χ0) is 38.1. The van der Waals surface area contributed by atoms with Crippen LogP contribution in [0, 0.1) is 17.8 Å². The van der Waals surface area contributed by atoms with E-state index in [4.69, 9.17) is 26.1 Å². The normalized spacial score (nSPS) is 33.6. The maximum Gasteiger partial charge on any atom is 0.283 e. The number of anilines is 1. The van der Waals surface area contributed by atoms with Crippen LogP contribution in [-0.2, 0) is 31.4 Å². The number of aldehydes is 1. The Hall–Kier alpha value is -3.03. The average molecular weight is 798 g/mol. The van der Waals surface area contributed by atoms with Crippen molar-refractivity contribution in [2.45, 2.75) is 101 Å². The van der Waals surface area contributed by atoms with E-state index in [0.717, 1.165) is 44.4 Å². The van der Waals surface area contributed by atoms with Crippen molar-refractivity contribution >= 4 is 39.6 Å². The van der Waals surface area contributed by atoms with Gasteiger partial charge < -0.3 is 19.7 Å². The van der Waals surface area contributed by atoms with E-state index in [1.165, 1.54) is 62.6 Å². The first kappa shape index (κ1) is 41.6. The molecule has 55 heavy (non-hydrogen) atoms. The summed E-state index contributed by atoms with van der Waals surface area (Å²) in [5.41, 5.74) is 0.943. The number of methoxy groups -OCH3 is 1. The number of hydrogen-bond acceptors (Lipinski definition) is 10. The molecule has 2 saturated heterocycles. The Labute approximate surface area is 333 Å². The molecule has 6 aliphatic rings. The zero-order valence-electron chi connectivity index (χ0n) is 31.9. The number of piperazine rings is 1. The molecule has 5 heterocycles. The lowest BCUT2D eigenvalue weighted by Gasteiger charge is -2.48. The molecule has 2 aromatic rings. The second kappa shape index (κ2) is 17.2. The van der Waals surface area contributed by atoms with Gasteiger partial charge in [0.2, 0.25) is 10.0 Å². The summed E-state index contributed by atoms with van der Waals surface area (Å²) in [6, 6.07) is 10.2. The number of carbonyl (C=O) groups is 2. The summed E-state index contributed by atoms with van der Waals surface area (Å²) < 4.78 is 41.1. The minimum atomic E-state index is -4.01. The van der Waals surface area contributed by atoms with Crippen molar-refractivity contribution in [3.05, 3.63) is 64.3 Å². The Morgan fingerprint density at radius 1 is 1.09 bits per heavy atom. The van der Waals surface area contributed by atoms with E-state index in [2.05, 4.69) is 25.9 Å². The predicted molar refractivity (Wildman–Crippen MR) is 218 cm³/mol. The quantitative estimate of drug-likeness (QED) is 0.278. The summed E-state index contributed by atoms with van der Waals surface area (Å²) in [5, 5.41) is 3.28. The van der Waals surface area contributed by atoms with Gasteiger partial charge in [0.05, 0.1) is 11.9 Å². The smallest absolute Gasteiger partial charge is 0.283 e. The van der Waals surface area contributed by atoms with Gasteiger partial charge in [-0.3, -0.25) is 14.5 Å². The molecule has 2 aliphatic carbocycles. The van der Waals surface area contributed by atoms with E-state index in [9.17, 15) is 18.0 Å². The molecule has 13 heteroatoms. The second-order valence-electron chi connectivity index (χ2n) is 16.4. The first-order valence-corrected chi connectivity index (χ1v) is 21.8. The highest BCUT2D eigenvalue weighted by atomic mass is 35.5. The Morgan fingerprint density at radius 3 is 2.67 bits per heavy atom. The monoisotopic (exact) mass is 797 g/mol. The van der Waals surface area contributed by atoms with Crippen LogP contribution >= 0.6 is 11.6 Å². The first-order chi connectivity index (χ1) is 26.0. The minimum absolute atomic E-state index is 0. The number of benzene rings is 1. The molecular weight excluding hydrogens is 738 g/mol. The third-order valence-electron chi connectivity index (χ3n) is 13.2. The maximum absolute atomic E-state index is 13.3. The lowest BCUT2D eigenvalue weighted by atomic mass is 9.64. The molecule has 0 radical (unpaired) electrons. The lowest BCUT2D eigenvalue weighted by molar-refractivity contribution is -0.135. The lowest BCUT2D eigenvalue weighted by Crippen LogP contribution is -2.54. The average Bonchev–Trinajstić information content (AvgIpc) is 3.32. The minimum Gasteiger partial charge on any atom is -0.489 e. The van der Waals surface area contributed by atoms with Crippen LogP contribution in [0.3, 0.4) is 0 Å². The first-order valence-electron chi connectivity index (χ1n) is 19.8. The van der Waals surface area contributed by atoms with Crippen LogP contribution in [-0.4, -0.2) is 100 Å². The number of nitrogens with one attached hydrogen (secondary N) is 2. The second-order valence-corrected chi connectivity index (χ2v) is 18.9. The number of amides is 1. The van der Waals surface area contributed by atoms with Crippen LogP contribution in [0.4, 0.5) is 5.82 Å². The van der Waals surface area contributed by atoms with Crippen LogP contribution < -0.4 is 19.7 Å². The van der Waals surface area contributed by atoms with Crippen molar-refractivity contribution in [1.82, 2.24) is 19.9 Å². The van der Waals surface area contributed by atoms with E-state index in [0.29, 0.717) is 42.7 Å². The summed E-state index contributed by atoms with van der Waals surface area (Å²) in [4.78, 5) is 35.6. The molecule has 7 atom stereocenters. The molecule has 3 fully saturated rings. The van der Waals surface area contributed by atoms with Crippen molar-refractivity contribution in [3.63, 3.8) is 0 Å². The van der Waals surface area contributed by atoms with E-state index >= 15 is 0 Å². The van der Waals surface area contributed by atoms with Gasteiger partial charge in [0.1, 0.15) is 11.3 Å². The van der Waals surface area contributed by atoms with Gasteiger partial charge in [0, 0.05) is 62.2 Å². The largest absolute Gasteiger partial charge is 0.489 e. The van der Waals surface area contributed by atoms with Crippen LogP contribution in [0.25, 0.3) is 0 Å². The van der Waals surface area contributed by atoms with Gasteiger partial charge in [-0.15, -0.1) is 0 Å². The summed E-state index contributed by atoms with van der Waals surface area (Å²) in [5.74, 6) is -0.0160. The number of aryl methyl sites for hydroxylation is 1. The molecule has 1 aromatic heterocycles. The van der Waals surface area contributed by atoms with Crippen molar-refractivity contribution in [2.75, 3.05) is 57.9 Å². The van der Waals surface area contributed by atoms with Crippen molar-refractivity contribution in [1.29, 1.82) is 0 Å². The number of halogens is 1. The summed E-state index contributed by atoms with van der Waals surface area (Å²) >= 11 is 6.39. The molecule has 2 bridgehead atoms. The maximum atomic E-state index is 13.3.